The van der Waals surface area contributed by atoms with Gasteiger partial charge >= 0.3 is 5.97 Å². The van der Waals surface area contributed by atoms with Crippen LogP contribution in [0.1, 0.15) is 35.1 Å². The second-order valence-electron chi connectivity index (χ2n) is 8.94. The van der Waals surface area contributed by atoms with E-state index in [9.17, 15) is 9.59 Å². The molecule has 0 spiro atoms. The summed E-state index contributed by atoms with van der Waals surface area (Å²) in [6.45, 7) is 3.25. The molecule has 7 heteroatoms. The van der Waals surface area contributed by atoms with Crippen LogP contribution in [0.2, 0.25) is 0 Å². The van der Waals surface area contributed by atoms with Crippen molar-refractivity contribution in [1.82, 2.24) is 4.90 Å². The Morgan fingerprint density at radius 1 is 1.03 bits per heavy atom. The molecule has 2 aliphatic heterocycles. The quantitative estimate of drug-likeness (QED) is 0.329. The van der Waals surface area contributed by atoms with Crippen LogP contribution in [0.4, 0.5) is 11.4 Å². The van der Waals surface area contributed by atoms with Crippen molar-refractivity contribution < 1.29 is 14.7 Å². The first kappa shape index (κ1) is 23.3. The van der Waals surface area contributed by atoms with Gasteiger partial charge in [-0.15, -0.1) is 0 Å². The van der Waals surface area contributed by atoms with Crippen molar-refractivity contribution in [2.75, 3.05) is 23.7 Å². The average Bonchev–Trinajstić information content (AvgIpc) is 3.14. The minimum absolute atomic E-state index is 0.0542. The number of likely N-dealkylation sites (tertiary alicyclic amines) is 1. The molecule has 35 heavy (non-hydrogen) atoms. The number of amides is 1. The van der Waals surface area contributed by atoms with Crippen LogP contribution in [0.5, 0.6) is 0 Å². The van der Waals surface area contributed by atoms with E-state index in [4.69, 9.17) is 5.11 Å². The molecule has 1 saturated heterocycles. The highest BCUT2D eigenvalue weighted by molar-refractivity contribution is 9.10. The molecule has 3 aromatic carbocycles. The van der Waals surface area contributed by atoms with E-state index in [0.29, 0.717) is 17.7 Å². The molecule has 2 aliphatic rings. The van der Waals surface area contributed by atoms with E-state index in [2.05, 4.69) is 43.6 Å². The summed E-state index contributed by atoms with van der Waals surface area (Å²) in [4.78, 5) is 26.7. The number of benzene rings is 3. The fourth-order valence-electron chi connectivity index (χ4n) is 4.44. The highest BCUT2D eigenvalue weighted by Gasteiger charge is 2.28. The minimum atomic E-state index is -0.833. The lowest BCUT2D eigenvalue weighted by atomic mass is 9.97. The Morgan fingerprint density at radius 2 is 1.83 bits per heavy atom. The summed E-state index contributed by atoms with van der Waals surface area (Å²) >= 11 is 3.48. The highest BCUT2D eigenvalue weighted by atomic mass is 79.9. The van der Waals surface area contributed by atoms with E-state index in [0.717, 1.165) is 52.2 Å². The van der Waals surface area contributed by atoms with Crippen molar-refractivity contribution in [3.05, 3.63) is 93.5 Å². The molecule has 3 aromatic rings. The number of rotatable bonds is 8. The number of hydrogen-bond donors (Lipinski definition) is 3. The predicted molar refractivity (Wildman–Crippen MR) is 142 cm³/mol. The monoisotopic (exact) mass is 531 g/mol. The molecule has 0 aliphatic carbocycles. The van der Waals surface area contributed by atoms with E-state index >= 15 is 0 Å². The van der Waals surface area contributed by atoms with Gasteiger partial charge in [0.25, 0.3) is 5.91 Å². The summed E-state index contributed by atoms with van der Waals surface area (Å²) in [5.74, 6) is -1.01. The third-order valence-corrected chi connectivity index (χ3v) is 6.89. The summed E-state index contributed by atoms with van der Waals surface area (Å²) in [7, 11) is 0. The molecule has 178 valence electrons. The molecule has 6 nitrogen and oxygen atoms in total. The highest BCUT2D eigenvalue weighted by Crippen LogP contribution is 2.39. The van der Waals surface area contributed by atoms with Crippen molar-refractivity contribution in [2.45, 2.75) is 25.8 Å². The lowest BCUT2D eigenvalue weighted by Crippen LogP contribution is -2.36. The molecule has 0 saturated carbocycles. The molecule has 5 rings (SSSR count). The van der Waals surface area contributed by atoms with Crippen LogP contribution in [0.3, 0.4) is 0 Å². The number of carboxylic acid groups (broad SMARTS) is 1. The third-order valence-electron chi connectivity index (χ3n) is 6.40. The maximum atomic E-state index is 13.2. The number of nitrogens with one attached hydrogen (secondary N) is 2. The number of halogens is 1. The molecule has 2 heterocycles. The van der Waals surface area contributed by atoms with Crippen LogP contribution in [0, 0.1) is 0 Å². The number of nitrogens with zero attached hydrogens (tertiary/aromatic N) is 1. The second-order valence-corrected chi connectivity index (χ2v) is 9.86. The van der Waals surface area contributed by atoms with Gasteiger partial charge in [0.1, 0.15) is 0 Å². The number of aryl methyl sites for hydroxylation is 1. The maximum Gasteiger partial charge on any atom is 0.303 e. The summed E-state index contributed by atoms with van der Waals surface area (Å²) in [6.07, 6.45) is 1.74. The van der Waals surface area contributed by atoms with E-state index in [1.54, 1.807) is 0 Å². The Bertz CT molecular complexity index is 1310. The molecule has 1 fully saturated rings. The zero-order chi connectivity index (χ0) is 24.4. The Kier molecular flexibility index (Phi) is 6.70. The molecule has 0 radical (unpaired) electrons. The SMILES string of the molecule is O=C(O)CCc1cccc(/C(Nc2ccc(CN3CCC3)cc2)=C2/C(=O)Nc3cc(Br)ccc32)c1. The van der Waals surface area contributed by atoms with Crippen LogP contribution >= 0.6 is 15.9 Å². The molecule has 0 unspecified atom stereocenters. The van der Waals surface area contributed by atoms with Gasteiger partial charge in [-0.05, 0) is 73.0 Å². The number of carboxylic acids is 1. The zero-order valence-corrected chi connectivity index (χ0v) is 20.8. The number of anilines is 2. The van der Waals surface area contributed by atoms with Gasteiger partial charge in [-0.3, -0.25) is 14.5 Å². The predicted octanol–water partition coefficient (Wildman–Crippen LogP) is 5.60. The largest absolute Gasteiger partial charge is 0.481 e. The Morgan fingerprint density at radius 3 is 2.54 bits per heavy atom. The zero-order valence-electron chi connectivity index (χ0n) is 19.2. The van der Waals surface area contributed by atoms with Crippen molar-refractivity contribution in [3.63, 3.8) is 0 Å². The first-order valence-corrected chi connectivity index (χ1v) is 12.5. The van der Waals surface area contributed by atoms with Gasteiger partial charge in [0.05, 0.1) is 17.0 Å². The van der Waals surface area contributed by atoms with Crippen molar-refractivity contribution in [1.29, 1.82) is 0 Å². The van der Waals surface area contributed by atoms with Gasteiger partial charge in [0.15, 0.2) is 0 Å². The smallest absolute Gasteiger partial charge is 0.303 e. The lowest BCUT2D eigenvalue weighted by Gasteiger charge is -2.30. The third kappa shape index (κ3) is 5.31. The number of carbonyl (C=O) groups is 2. The summed E-state index contributed by atoms with van der Waals surface area (Å²) < 4.78 is 0.890. The molecule has 0 bridgehead atoms. The molecule has 1 amide bonds. The molecule has 3 N–H and O–H groups in total. The van der Waals surface area contributed by atoms with Crippen LogP contribution < -0.4 is 10.6 Å². The second kappa shape index (κ2) is 10.1. The number of hydrogen-bond acceptors (Lipinski definition) is 4. The van der Waals surface area contributed by atoms with Gasteiger partial charge in [-0.25, -0.2) is 0 Å². The van der Waals surface area contributed by atoms with Crippen molar-refractivity contribution in [2.24, 2.45) is 0 Å². The Hall–Kier alpha value is -3.42. The van der Waals surface area contributed by atoms with Gasteiger partial charge in [0, 0.05) is 28.7 Å². The topological polar surface area (TPSA) is 81.7 Å². The Labute approximate surface area is 212 Å². The van der Waals surface area contributed by atoms with E-state index < -0.39 is 5.97 Å². The first-order valence-electron chi connectivity index (χ1n) is 11.7. The van der Waals surface area contributed by atoms with E-state index in [1.165, 1.54) is 12.0 Å². The minimum Gasteiger partial charge on any atom is -0.481 e. The van der Waals surface area contributed by atoms with Gasteiger partial charge < -0.3 is 15.7 Å². The van der Waals surface area contributed by atoms with Crippen molar-refractivity contribution in [3.8, 4) is 0 Å². The fraction of sp³-hybridized carbons (Fsp3) is 0.214. The van der Waals surface area contributed by atoms with Gasteiger partial charge in [-0.1, -0.05) is 52.3 Å². The van der Waals surface area contributed by atoms with Crippen LogP contribution in [-0.4, -0.2) is 35.0 Å². The Balaban J connectivity index is 1.53. The summed E-state index contributed by atoms with van der Waals surface area (Å²) in [5, 5.41) is 15.6. The van der Waals surface area contributed by atoms with E-state index in [-0.39, 0.29) is 12.3 Å². The van der Waals surface area contributed by atoms with Crippen molar-refractivity contribution >= 4 is 50.5 Å². The van der Waals surface area contributed by atoms with Crippen LogP contribution in [-0.2, 0) is 22.6 Å². The lowest BCUT2D eigenvalue weighted by molar-refractivity contribution is -0.137. The summed E-state index contributed by atoms with van der Waals surface area (Å²) in [6, 6.07) is 21.8. The molecule has 0 atom stereocenters. The van der Waals surface area contributed by atoms with Gasteiger partial charge in [-0.2, -0.15) is 0 Å². The van der Waals surface area contributed by atoms with E-state index in [1.807, 2.05) is 54.6 Å². The van der Waals surface area contributed by atoms with Crippen LogP contribution in [0.25, 0.3) is 11.3 Å². The number of fused-ring (bicyclic) bond motifs is 1. The molecular formula is C28H26BrN3O3. The normalized spacial score (nSPS) is 16.3. The summed E-state index contributed by atoms with van der Waals surface area (Å²) in [5.41, 5.74) is 6.71. The fourth-order valence-corrected chi connectivity index (χ4v) is 4.80. The standard InChI is InChI=1S/C28H26BrN3O3/c29-21-8-11-23-24(16-21)31-28(35)26(23)27(20-4-1-3-18(15-20)7-12-25(33)34)30-22-9-5-19(6-10-22)17-32-13-2-14-32/h1,3-6,8-11,15-16,30H,2,7,12-14,17H2,(H,31,35)(H,33,34)/b27-26-. The number of carbonyl (C=O) groups excluding carboxylic acids is 1. The maximum absolute atomic E-state index is 13.2. The average molecular weight is 532 g/mol. The molecule has 0 aromatic heterocycles. The first-order chi connectivity index (χ1) is 17.0. The number of aliphatic carboxylic acids is 1. The van der Waals surface area contributed by atoms with Gasteiger partial charge in [0.2, 0.25) is 0 Å². The van der Waals surface area contributed by atoms with Crippen LogP contribution in [0.15, 0.2) is 71.2 Å². The molecular weight excluding hydrogens is 506 g/mol.